The van der Waals surface area contributed by atoms with Crippen molar-refractivity contribution in [2.45, 2.75) is 0 Å². The van der Waals surface area contributed by atoms with Gasteiger partial charge in [0.1, 0.15) is 0 Å². The Balaban J connectivity index is -0.0000000154. The van der Waals surface area contributed by atoms with Gasteiger partial charge in [0.15, 0.2) is 17.4 Å². The zero-order valence-corrected chi connectivity index (χ0v) is 11.4. The number of hydrogen-bond donors (Lipinski definition) is 4. The SMILES string of the molecule is NN.O=S(=O)(O)O.[AlH3].[Cs+].[H-]. The van der Waals surface area contributed by atoms with Gasteiger partial charge in [0.25, 0.3) is 0 Å². The number of hydrogen-bond acceptors (Lipinski definition) is 4. The summed E-state index contributed by atoms with van der Waals surface area (Å²) in [5.41, 5.74) is 0. The molecule has 0 spiro atoms. The van der Waals surface area contributed by atoms with Gasteiger partial charge in [-0.1, -0.05) is 0 Å². The molecule has 0 saturated heterocycles. The normalized spacial score (nSPS) is 7.11. The number of nitrogens with two attached hydrogens (primary N) is 2. The molecule has 0 saturated carbocycles. The molecule has 6 nitrogen and oxygen atoms in total. The summed E-state index contributed by atoms with van der Waals surface area (Å²) in [4.78, 5) is 0. The maximum absolute atomic E-state index is 8.74. The maximum Gasteiger partial charge on any atom is 1.00 e. The van der Waals surface area contributed by atoms with Crippen LogP contribution in [0.1, 0.15) is 1.43 Å². The van der Waals surface area contributed by atoms with Crippen molar-refractivity contribution < 1.29 is 87.8 Å². The molecule has 0 fully saturated rings. The van der Waals surface area contributed by atoms with Crippen LogP contribution in [-0.2, 0) is 10.4 Å². The van der Waals surface area contributed by atoms with Crippen LogP contribution >= 0.6 is 0 Å². The fraction of sp³-hybridized carbons (Fsp3) is 0. The zero-order chi connectivity index (χ0) is 6.50. The van der Waals surface area contributed by atoms with Crippen molar-refractivity contribution in [3.63, 3.8) is 0 Å². The molecule has 54 valence electrons. The molecule has 0 bridgehead atoms. The molecule has 0 aromatic rings. The summed E-state index contributed by atoms with van der Waals surface area (Å²) in [5.74, 6) is 8.00. The molecule has 0 radical (unpaired) electrons. The van der Waals surface area contributed by atoms with Gasteiger partial charge in [-0.2, -0.15) is 8.42 Å². The van der Waals surface area contributed by atoms with Gasteiger partial charge in [-0.25, -0.2) is 0 Å². The Labute approximate surface area is 124 Å². The first kappa shape index (κ1) is 22.5. The number of hydrazine groups is 1. The average molecular weight is 294 g/mol. The van der Waals surface area contributed by atoms with Gasteiger partial charge in [-0.05, 0) is 0 Å². The summed E-state index contributed by atoms with van der Waals surface area (Å²) in [6.07, 6.45) is 0. The minimum atomic E-state index is -4.67. The molecule has 0 unspecified atom stereocenters. The molecule has 0 atom stereocenters. The van der Waals surface area contributed by atoms with Crippen LogP contribution < -0.4 is 80.6 Å². The van der Waals surface area contributed by atoms with Gasteiger partial charge in [0.2, 0.25) is 0 Å². The summed E-state index contributed by atoms with van der Waals surface area (Å²) in [6.45, 7) is 0. The van der Waals surface area contributed by atoms with Crippen LogP contribution in [0.15, 0.2) is 0 Å². The average Bonchev–Trinajstić information content (AvgIpc) is 1.36. The fourth-order valence-electron chi connectivity index (χ4n) is 0. The van der Waals surface area contributed by atoms with Crippen LogP contribution in [-0.4, -0.2) is 34.9 Å². The Morgan fingerprint density at radius 2 is 1.22 bits per heavy atom. The van der Waals surface area contributed by atoms with Crippen LogP contribution in [0.2, 0.25) is 0 Å². The molecule has 0 heterocycles. The Morgan fingerprint density at radius 1 is 1.22 bits per heavy atom. The van der Waals surface area contributed by atoms with Crippen LogP contribution in [0.25, 0.3) is 0 Å². The topological polar surface area (TPSA) is 127 Å². The third-order valence-corrected chi connectivity index (χ3v) is 0. The van der Waals surface area contributed by atoms with Crippen LogP contribution in [0.4, 0.5) is 0 Å². The van der Waals surface area contributed by atoms with Gasteiger partial charge in [-0.3, -0.25) is 20.8 Å². The third kappa shape index (κ3) is 129. The molecular weight excluding hydrogens is 284 g/mol. The Hall–Kier alpha value is 2.37. The van der Waals surface area contributed by atoms with E-state index < -0.39 is 10.4 Å². The van der Waals surface area contributed by atoms with Gasteiger partial charge >= 0.3 is 79.3 Å². The van der Waals surface area contributed by atoms with E-state index in [2.05, 4.69) is 11.7 Å². The Kier molecular flexibility index (Phi) is 32.5. The number of rotatable bonds is 0. The molecule has 0 aromatic carbocycles. The van der Waals surface area contributed by atoms with E-state index in [1.54, 1.807) is 0 Å². The third-order valence-electron chi connectivity index (χ3n) is 0. The van der Waals surface area contributed by atoms with E-state index in [4.69, 9.17) is 17.5 Å². The van der Waals surface area contributed by atoms with E-state index in [9.17, 15) is 0 Å². The molecular formula is H10AlCsN2O4S. The Morgan fingerprint density at radius 3 is 1.22 bits per heavy atom. The van der Waals surface area contributed by atoms with Gasteiger partial charge < -0.3 is 1.43 Å². The maximum atomic E-state index is 8.74. The molecule has 9 heteroatoms. The predicted molar refractivity (Wildman–Crippen MR) is 33.6 cm³/mol. The van der Waals surface area contributed by atoms with Gasteiger partial charge in [0, 0.05) is 0 Å². The van der Waals surface area contributed by atoms with Crippen molar-refractivity contribution >= 4 is 27.8 Å². The summed E-state index contributed by atoms with van der Waals surface area (Å²) in [5, 5.41) is 0. The second-order valence-electron chi connectivity index (χ2n) is 0.448. The molecule has 0 aliphatic carbocycles. The van der Waals surface area contributed by atoms with E-state index in [1.165, 1.54) is 0 Å². The molecule has 0 aromatic heterocycles. The van der Waals surface area contributed by atoms with E-state index in [0.717, 1.165) is 0 Å². The monoisotopic (exact) mass is 294 g/mol. The first-order chi connectivity index (χ1) is 3.00. The van der Waals surface area contributed by atoms with Crippen LogP contribution in [0, 0.1) is 0 Å². The molecule has 0 aliphatic heterocycles. The summed E-state index contributed by atoms with van der Waals surface area (Å²) < 4.78 is 31.6. The predicted octanol–water partition coefficient (Wildman–Crippen LogP) is -5.90. The largest absolute Gasteiger partial charge is 1.00 e. The first-order valence-corrected chi connectivity index (χ1v) is 2.43. The van der Waals surface area contributed by atoms with E-state index >= 15 is 0 Å². The first-order valence-electron chi connectivity index (χ1n) is 1.03. The van der Waals surface area contributed by atoms with Crippen molar-refractivity contribution in [2.24, 2.45) is 11.7 Å². The molecule has 9 heavy (non-hydrogen) atoms. The van der Waals surface area contributed by atoms with E-state index in [1.807, 2.05) is 0 Å². The quantitative estimate of drug-likeness (QED) is 0.152. The van der Waals surface area contributed by atoms with Crippen molar-refractivity contribution in [1.82, 2.24) is 0 Å². The smallest absolute Gasteiger partial charge is 1.00 e. The van der Waals surface area contributed by atoms with Crippen molar-refractivity contribution in [2.75, 3.05) is 0 Å². The van der Waals surface area contributed by atoms with Crippen LogP contribution in [0.3, 0.4) is 0 Å². The van der Waals surface area contributed by atoms with Crippen molar-refractivity contribution in [1.29, 1.82) is 0 Å². The summed E-state index contributed by atoms with van der Waals surface area (Å²) >= 11 is 0. The Bertz CT molecular complexity index is 106. The van der Waals surface area contributed by atoms with E-state index in [0.29, 0.717) is 0 Å². The summed E-state index contributed by atoms with van der Waals surface area (Å²) in [6, 6.07) is 0. The van der Waals surface area contributed by atoms with Gasteiger partial charge in [0.05, 0.1) is 0 Å². The minimum Gasteiger partial charge on any atom is -1.00 e. The zero-order valence-electron chi connectivity index (χ0n) is 5.27. The fourth-order valence-corrected chi connectivity index (χ4v) is 0. The van der Waals surface area contributed by atoms with Crippen molar-refractivity contribution in [3.8, 4) is 0 Å². The second-order valence-corrected chi connectivity index (χ2v) is 1.34. The van der Waals surface area contributed by atoms with Crippen molar-refractivity contribution in [3.05, 3.63) is 0 Å². The van der Waals surface area contributed by atoms with Crippen LogP contribution in [0.5, 0.6) is 0 Å². The standard InChI is InChI=1S/Al.Cs.H4N2.H2O4S.4H/c;;1-2;1-5(2,3)4;;;;/h;;1-2H2;(H2,1,2,3,4);;;;/q;+1;;;;;;-1. The molecule has 0 rings (SSSR count). The second kappa shape index (κ2) is 13.0. The minimum absolute atomic E-state index is 0. The summed E-state index contributed by atoms with van der Waals surface area (Å²) in [7, 11) is -4.67. The van der Waals surface area contributed by atoms with E-state index in [-0.39, 0.29) is 87.7 Å². The molecule has 6 N–H and O–H groups in total. The van der Waals surface area contributed by atoms with Gasteiger partial charge in [-0.15, -0.1) is 0 Å². The molecule has 0 aliphatic rings. The molecule has 0 amide bonds.